The number of amides is 2. The van der Waals surface area contributed by atoms with Crippen molar-refractivity contribution in [3.8, 4) is 0 Å². The Kier molecular flexibility index (Phi) is 6.16. The highest BCUT2D eigenvalue weighted by atomic mass is 16.7. The van der Waals surface area contributed by atoms with Gasteiger partial charge in [0.15, 0.2) is 0 Å². The summed E-state index contributed by atoms with van der Waals surface area (Å²) in [5, 5.41) is 5.23. The molecule has 1 rings (SSSR count). The number of urea groups is 1. The van der Waals surface area contributed by atoms with E-state index in [0.29, 0.717) is 18.8 Å². The third kappa shape index (κ3) is 5.65. The Balaban J connectivity index is 2.06. The predicted octanol–water partition coefficient (Wildman–Crippen LogP) is -0.222. The van der Waals surface area contributed by atoms with E-state index in [-0.39, 0.29) is 32.0 Å². The van der Waals surface area contributed by atoms with Gasteiger partial charge < -0.3 is 24.8 Å². The summed E-state index contributed by atoms with van der Waals surface area (Å²) < 4.78 is 14.9. The Morgan fingerprint density at radius 3 is 2.67 bits per heavy atom. The van der Waals surface area contributed by atoms with Gasteiger partial charge in [-0.15, -0.1) is 0 Å². The van der Waals surface area contributed by atoms with Crippen LogP contribution in [0.3, 0.4) is 0 Å². The first-order chi connectivity index (χ1) is 8.59. The Labute approximate surface area is 105 Å². The van der Waals surface area contributed by atoms with Gasteiger partial charge in [-0.2, -0.15) is 0 Å². The first-order valence-corrected chi connectivity index (χ1v) is 5.62. The van der Waals surface area contributed by atoms with Gasteiger partial charge in [-0.1, -0.05) is 6.58 Å². The zero-order valence-electron chi connectivity index (χ0n) is 10.4. The molecule has 2 amide bonds. The number of carbonyl (C=O) groups excluding carboxylic acids is 2. The maximum Gasteiger partial charge on any atom is 0.333 e. The van der Waals surface area contributed by atoms with Crippen LogP contribution in [0.5, 0.6) is 0 Å². The maximum absolute atomic E-state index is 11.4. The van der Waals surface area contributed by atoms with Crippen LogP contribution < -0.4 is 10.6 Å². The van der Waals surface area contributed by atoms with Crippen molar-refractivity contribution in [2.75, 3.05) is 33.2 Å². The molecule has 18 heavy (non-hydrogen) atoms. The molecule has 1 saturated heterocycles. The molecule has 2 N–H and O–H groups in total. The molecule has 0 spiro atoms. The lowest BCUT2D eigenvalue weighted by molar-refractivity contribution is -0.138. The average molecular weight is 258 g/mol. The van der Waals surface area contributed by atoms with Gasteiger partial charge in [0.05, 0.1) is 25.8 Å². The second-order valence-corrected chi connectivity index (χ2v) is 3.87. The Morgan fingerprint density at radius 2 is 2.06 bits per heavy atom. The summed E-state index contributed by atoms with van der Waals surface area (Å²) in [5.74, 6) is -0.466. The van der Waals surface area contributed by atoms with Crippen LogP contribution in [0.25, 0.3) is 0 Å². The van der Waals surface area contributed by atoms with Crippen LogP contribution in [0.1, 0.15) is 6.92 Å². The van der Waals surface area contributed by atoms with Crippen LogP contribution in [0.4, 0.5) is 4.79 Å². The van der Waals surface area contributed by atoms with Crippen molar-refractivity contribution in [2.24, 2.45) is 0 Å². The zero-order chi connectivity index (χ0) is 13.4. The van der Waals surface area contributed by atoms with Gasteiger partial charge in [0, 0.05) is 5.57 Å². The standard InChI is InChI=1S/C11H18N2O5/c1-8(2)10(14)18-4-3-12-11(15)13-9-5-16-7-17-6-9/h9H,1,3-7H2,2H3,(H2,12,13,15). The first-order valence-electron chi connectivity index (χ1n) is 5.62. The number of nitrogens with one attached hydrogen (secondary N) is 2. The monoisotopic (exact) mass is 258 g/mol. The van der Waals surface area contributed by atoms with Crippen LogP contribution in [0.15, 0.2) is 12.2 Å². The fourth-order valence-corrected chi connectivity index (χ4v) is 1.24. The van der Waals surface area contributed by atoms with Gasteiger partial charge in [-0.25, -0.2) is 9.59 Å². The number of carbonyl (C=O) groups is 2. The van der Waals surface area contributed by atoms with Crippen LogP contribution in [-0.2, 0) is 19.0 Å². The summed E-state index contributed by atoms with van der Waals surface area (Å²) in [5.41, 5.74) is 0.330. The van der Waals surface area contributed by atoms with E-state index < -0.39 is 5.97 Å². The first kappa shape index (κ1) is 14.5. The van der Waals surface area contributed by atoms with E-state index in [4.69, 9.17) is 14.2 Å². The molecule has 7 nitrogen and oxygen atoms in total. The molecule has 0 saturated carbocycles. The highest BCUT2D eigenvalue weighted by molar-refractivity contribution is 5.86. The largest absolute Gasteiger partial charge is 0.460 e. The van der Waals surface area contributed by atoms with Crippen molar-refractivity contribution in [1.29, 1.82) is 0 Å². The van der Waals surface area contributed by atoms with Crippen molar-refractivity contribution < 1.29 is 23.8 Å². The van der Waals surface area contributed by atoms with E-state index in [1.165, 1.54) is 0 Å². The quantitative estimate of drug-likeness (QED) is 0.404. The lowest BCUT2D eigenvalue weighted by Crippen LogP contribution is -2.49. The van der Waals surface area contributed by atoms with E-state index in [9.17, 15) is 9.59 Å². The molecule has 1 aliphatic heterocycles. The van der Waals surface area contributed by atoms with E-state index in [1.54, 1.807) is 6.92 Å². The SMILES string of the molecule is C=C(C)C(=O)OCCNC(=O)NC1COCOC1. The minimum atomic E-state index is -0.466. The zero-order valence-corrected chi connectivity index (χ0v) is 10.4. The molecule has 0 aromatic heterocycles. The number of hydrogen-bond donors (Lipinski definition) is 2. The molecule has 7 heteroatoms. The van der Waals surface area contributed by atoms with Crippen molar-refractivity contribution >= 4 is 12.0 Å². The van der Waals surface area contributed by atoms with Gasteiger partial charge in [0.25, 0.3) is 0 Å². The van der Waals surface area contributed by atoms with E-state index in [1.807, 2.05) is 0 Å². The fourth-order valence-electron chi connectivity index (χ4n) is 1.24. The molecule has 1 fully saturated rings. The molecule has 1 heterocycles. The Morgan fingerprint density at radius 1 is 1.39 bits per heavy atom. The maximum atomic E-state index is 11.4. The summed E-state index contributed by atoms with van der Waals surface area (Å²) in [6, 6.07) is -0.503. The van der Waals surface area contributed by atoms with Gasteiger partial charge in [0.2, 0.25) is 0 Å². The number of hydrogen-bond acceptors (Lipinski definition) is 5. The van der Waals surface area contributed by atoms with Gasteiger partial charge in [0.1, 0.15) is 13.4 Å². The molecular weight excluding hydrogens is 240 g/mol. The van der Waals surface area contributed by atoms with E-state index in [2.05, 4.69) is 17.2 Å². The highest BCUT2D eigenvalue weighted by Crippen LogP contribution is 1.96. The number of esters is 1. The third-order valence-corrected chi connectivity index (χ3v) is 2.11. The highest BCUT2D eigenvalue weighted by Gasteiger charge is 2.16. The van der Waals surface area contributed by atoms with E-state index >= 15 is 0 Å². The molecule has 0 radical (unpaired) electrons. The van der Waals surface area contributed by atoms with Gasteiger partial charge in [-0.3, -0.25) is 0 Å². The summed E-state index contributed by atoms with van der Waals surface area (Å²) in [7, 11) is 0. The molecule has 0 bridgehead atoms. The molecule has 0 atom stereocenters. The van der Waals surface area contributed by atoms with E-state index in [0.717, 1.165) is 0 Å². The second kappa shape index (κ2) is 7.67. The van der Waals surface area contributed by atoms with Gasteiger partial charge in [-0.05, 0) is 6.92 Å². The molecule has 0 unspecified atom stereocenters. The summed E-state index contributed by atoms with van der Waals surface area (Å²) >= 11 is 0. The topological polar surface area (TPSA) is 85.9 Å². The molecular formula is C11H18N2O5. The van der Waals surface area contributed by atoms with Gasteiger partial charge >= 0.3 is 12.0 Å². The molecule has 1 aliphatic rings. The normalized spacial score (nSPS) is 15.8. The Bertz CT molecular complexity index is 313. The van der Waals surface area contributed by atoms with Crippen molar-refractivity contribution in [3.05, 3.63) is 12.2 Å². The fraction of sp³-hybridized carbons (Fsp3) is 0.636. The predicted molar refractivity (Wildman–Crippen MR) is 62.9 cm³/mol. The number of ether oxygens (including phenoxy) is 3. The smallest absolute Gasteiger partial charge is 0.333 e. The lowest BCUT2D eigenvalue weighted by Gasteiger charge is -2.23. The average Bonchev–Trinajstić information content (AvgIpc) is 2.35. The molecule has 102 valence electrons. The summed E-state index contributed by atoms with van der Waals surface area (Å²) in [6.07, 6.45) is 0. The minimum Gasteiger partial charge on any atom is -0.460 e. The van der Waals surface area contributed by atoms with Crippen LogP contribution in [-0.4, -0.2) is 51.2 Å². The lowest BCUT2D eigenvalue weighted by atomic mass is 10.3. The van der Waals surface area contributed by atoms with Crippen molar-refractivity contribution in [1.82, 2.24) is 10.6 Å². The number of rotatable bonds is 5. The van der Waals surface area contributed by atoms with Crippen LogP contribution in [0.2, 0.25) is 0 Å². The summed E-state index contributed by atoms with van der Waals surface area (Å²) in [6.45, 7) is 6.47. The minimum absolute atomic E-state index is 0.108. The third-order valence-electron chi connectivity index (χ3n) is 2.11. The van der Waals surface area contributed by atoms with Crippen molar-refractivity contribution in [3.63, 3.8) is 0 Å². The van der Waals surface area contributed by atoms with Crippen LogP contribution >= 0.6 is 0 Å². The Hall–Kier alpha value is -1.60. The molecule has 0 aromatic carbocycles. The summed E-state index contributed by atoms with van der Waals surface area (Å²) in [4.78, 5) is 22.4. The molecule has 0 aromatic rings. The second-order valence-electron chi connectivity index (χ2n) is 3.87. The van der Waals surface area contributed by atoms with Crippen molar-refractivity contribution in [2.45, 2.75) is 13.0 Å². The molecule has 0 aliphatic carbocycles. The van der Waals surface area contributed by atoms with Crippen LogP contribution in [0, 0.1) is 0 Å².